The molecular formula is C9H7ClN2S. The van der Waals surface area contributed by atoms with Crippen LogP contribution >= 0.6 is 24.2 Å². The number of benzene rings is 1. The molecule has 13 heavy (non-hydrogen) atoms. The first-order valence-corrected chi connectivity index (χ1v) is 4.58. The number of aromatic amines is 1. The van der Waals surface area contributed by atoms with Crippen molar-refractivity contribution in [3.8, 4) is 11.4 Å². The topological polar surface area (TPSA) is 28.7 Å². The van der Waals surface area contributed by atoms with E-state index in [0.717, 1.165) is 16.4 Å². The van der Waals surface area contributed by atoms with Crippen LogP contribution in [-0.4, -0.2) is 9.97 Å². The normalized spacial score (nSPS) is 10.3. The molecule has 0 unspecified atom stereocenters. The fourth-order valence-electron chi connectivity index (χ4n) is 1.07. The molecule has 0 aliphatic rings. The van der Waals surface area contributed by atoms with Gasteiger partial charge in [0.1, 0.15) is 10.9 Å². The maximum atomic E-state index is 5.76. The Hall–Kier alpha value is -0.930. The van der Waals surface area contributed by atoms with Crippen LogP contribution in [0.5, 0.6) is 0 Å². The number of hydrogen-bond acceptors (Lipinski definition) is 2. The van der Waals surface area contributed by atoms with Gasteiger partial charge in [0.25, 0.3) is 0 Å². The van der Waals surface area contributed by atoms with Crippen LogP contribution < -0.4 is 0 Å². The van der Waals surface area contributed by atoms with Crippen LogP contribution in [0, 0.1) is 0 Å². The number of H-pyrrole nitrogens is 1. The van der Waals surface area contributed by atoms with Gasteiger partial charge in [-0.15, -0.1) is 12.6 Å². The van der Waals surface area contributed by atoms with Gasteiger partial charge in [0.05, 0.1) is 0 Å². The average Bonchev–Trinajstić information content (AvgIpc) is 2.53. The highest BCUT2D eigenvalue weighted by Crippen LogP contribution is 2.19. The molecular weight excluding hydrogens is 204 g/mol. The minimum absolute atomic E-state index is 0.685. The summed E-state index contributed by atoms with van der Waals surface area (Å²) in [6, 6.07) is 7.48. The van der Waals surface area contributed by atoms with Crippen molar-refractivity contribution in [1.82, 2.24) is 9.97 Å². The van der Waals surface area contributed by atoms with Gasteiger partial charge in [0.15, 0.2) is 0 Å². The zero-order valence-electron chi connectivity index (χ0n) is 6.66. The molecule has 0 saturated heterocycles. The molecule has 4 heteroatoms. The van der Waals surface area contributed by atoms with Crippen molar-refractivity contribution in [3.63, 3.8) is 0 Å². The van der Waals surface area contributed by atoms with E-state index in [1.54, 1.807) is 6.20 Å². The molecule has 0 amide bonds. The summed E-state index contributed by atoms with van der Waals surface area (Å²) < 4.78 is 0. The first-order valence-electron chi connectivity index (χ1n) is 3.76. The first kappa shape index (κ1) is 8.66. The number of imidazole rings is 1. The number of thiol groups is 1. The SMILES string of the molecule is Sc1c[nH]c(-c2ccc(Cl)cc2)n1. The Kier molecular flexibility index (Phi) is 2.29. The summed E-state index contributed by atoms with van der Waals surface area (Å²) in [6.07, 6.45) is 1.74. The van der Waals surface area contributed by atoms with Gasteiger partial charge in [0.2, 0.25) is 0 Å². The molecule has 1 aromatic carbocycles. The van der Waals surface area contributed by atoms with Gasteiger partial charge in [-0.05, 0) is 24.3 Å². The van der Waals surface area contributed by atoms with Gasteiger partial charge in [-0.3, -0.25) is 0 Å². The van der Waals surface area contributed by atoms with Crippen LogP contribution in [0.15, 0.2) is 35.5 Å². The molecule has 0 radical (unpaired) electrons. The Morgan fingerprint density at radius 1 is 1.23 bits per heavy atom. The third kappa shape index (κ3) is 1.87. The monoisotopic (exact) mass is 210 g/mol. The zero-order valence-corrected chi connectivity index (χ0v) is 8.31. The van der Waals surface area contributed by atoms with Crippen molar-refractivity contribution < 1.29 is 0 Å². The van der Waals surface area contributed by atoms with Crippen molar-refractivity contribution in [1.29, 1.82) is 0 Å². The first-order chi connectivity index (χ1) is 6.25. The molecule has 1 aromatic heterocycles. The van der Waals surface area contributed by atoms with Gasteiger partial charge in [-0.1, -0.05) is 11.6 Å². The van der Waals surface area contributed by atoms with Crippen LogP contribution in [0.4, 0.5) is 0 Å². The Bertz CT molecular complexity index is 408. The molecule has 0 spiro atoms. The lowest BCUT2D eigenvalue weighted by molar-refractivity contribution is 1.21. The summed E-state index contributed by atoms with van der Waals surface area (Å²) in [4.78, 5) is 7.19. The van der Waals surface area contributed by atoms with Crippen LogP contribution in [0.2, 0.25) is 5.02 Å². The molecule has 2 rings (SSSR count). The largest absolute Gasteiger partial charge is 0.343 e. The van der Waals surface area contributed by atoms with Crippen molar-refractivity contribution in [2.45, 2.75) is 5.03 Å². The van der Waals surface area contributed by atoms with E-state index >= 15 is 0 Å². The smallest absolute Gasteiger partial charge is 0.138 e. The Morgan fingerprint density at radius 3 is 2.46 bits per heavy atom. The number of nitrogens with zero attached hydrogens (tertiary/aromatic N) is 1. The molecule has 0 aliphatic carbocycles. The summed E-state index contributed by atoms with van der Waals surface area (Å²) in [5.74, 6) is 0.807. The van der Waals surface area contributed by atoms with E-state index in [2.05, 4.69) is 22.6 Å². The number of rotatable bonds is 1. The second-order valence-corrected chi connectivity index (χ2v) is 3.51. The molecule has 2 nitrogen and oxygen atoms in total. The molecule has 2 aromatic rings. The standard InChI is InChI=1S/C9H7ClN2S/c10-7-3-1-6(2-4-7)9-11-5-8(13)12-9/h1-5,13H,(H,11,12). The average molecular weight is 211 g/mol. The molecule has 0 fully saturated rings. The lowest BCUT2D eigenvalue weighted by atomic mass is 10.2. The number of nitrogens with one attached hydrogen (secondary N) is 1. The zero-order chi connectivity index (χ0) is 9.26. The van der Waals surface area contributed by atoms with E-state index in [-0.39, 0.29) is 0 Å². The molecule has 0 aliphatic heterocycles. The van der Waals surface area contributed by atoms with E-state index in [0.29, 0.717) is 5.03 Å². The Balaban J connectivity index is 2.41. The van der Waals surface area contributed by atoms with Crippen molar-refractivity contribution >= 4 is 24.2 Å². The maximum Gasteiger partial charge on any atom is 0.138 e. The highest BCUT2D eigenvalue weighted by molar-refractivity contribution is 7.80. The minimum atomic E-state index is 0.685. The number of halogens is 1. The lowest BCUT2D eigenvalue weighted by Gasteiger charge is -1.95. The maximum absolute atomic E-state index is 5.76. The van der Waals surface area contributed by atoms with Gasteiger partial charge < -0.3 is 4.98 Å². The van der Waals surface area contributed by atoms with Gasteiger partial charge in [0, 0.05) is 16.8 Å². The van der Waals surface area contributed by atoms with Gasteiger partial charge in [-0.2, -0.15) is 0 Å². The Labute approximate surface area is 86.4 Å². The number of aromatic nitrogens is 2. The summed E-state index contributed by atoms with van der Waals surface area (Å²) >= 11 is 9.87. The highest BCUT2D eigenvalue weighted by Gasteiger charge is 2.00. The van der Waals surface area contributed by atoms with Crippen LogP contribution in [0.3, 0.4) is 0 Å². The highest BCUT2D eigenvalue weighted by atomic mass is 35.5. The molecule has 1 heterocycles. The summed E-state index contributed by atoms with van der Waals surface area (Å²) in [5, 5.41) is 1.41. The van der Waals surface area contributed by atoms with Gasteiger partial charge in [-0.25, -0.2) is 4.98 Å². The second kappa shape index (κ2) is 3.44. The Morgan fingerprint density at radius 2 is 1.92 bits per heavy atom. The third-order valence-electron chi connectivity index (χ3n) is 1.68. The minimum Gasteiger partial charge on any atom is -0.343 e. The molecule has 0 atom stereocenters. The van der Waals surface area contributed by atoms with Gasteiger partial charge >= 0.3 is 0 Å². The summed E-state index contributed by atoms with van der Waals surface area (Å²) in [6.45, 7) is 0. The van der Waals surface area contributed by atoms with E-state index in [9.17, 15) is 0 Å². The summed E-state index contributed by atoms with van der Waals surface area (Å²) in [5.41, 5.74) is 1.00. The van der Waals surface area contributed by atoms with E-state index in [1.165, 1.54) is 0 Å². The van der Waals surface area contributed by atoms with Crippen molar-refractivity contribution in [2.75, 3.05) is 0 Å². The summed E-state index contributed by atoms with van der Waals surface area (Å²) in [7, 11) is 0. The second-order valence-electron chi connectivity index (χ2n) is 2.61. The van der Waals surface area contributed by atoms with Crippen molar-refractivity contribution in [2.24, 2.45) is 0 Å². The fraction of sp³-hybridized carbons (Fsp3) is 0. The van der Waals surface area contributed by atoms with Crippen molar-refractivity contribution in [3.05, 3.63) is 35.5 Å². The predicted molar refractivity (Wildman–Crippen MR) is 56.3 cm³/mol. The molecule has 1 N–H and O–H groups in total. The quantitative estimate of drug-likeness (QED) is 0.696. The predicted octanol–water partition coefficient (Wildman–Crippen LogP) is 3.02. The molecule has 0 saturated carbocycles. The number of hydrogen-bond donors (Lipinski definition) is 2. The molecule has 0 bridgehead atoms. The van der Waals surface area contributed by atoms with E-state index < -0.39 is 0 Å². The van der Waals surface area contributed by atoms with E-state index in [4.69, 9.17) is 11.6 Å². The van der Waals surface area contributed by atoms with Crippen LogP contribution in [0.25, 0.3) is 11.4 Å². The molecule has 66 valence electrons. The lowest BCUT2D eigenvalue weighted by Crippen LogP contribution is -1.78. The fourth-order valence-corrected chi connectivity index (χ4v) is 1.36. The van der Waals surface area contributed by atoms with Crippen LogP contribution in [0.1, 0.15) is 0 Å². The van der Waals surface area contributed by atoms with Crippen LogP contribution in [-0.2, 0) is 0 Å². The van der Waals surface area contributed by atoms with E-state index in [1.807, 2.05) is 24.3 Å². The third-order valence-corrected chi connectivity index (χ3v) is 2.16.